The minimum atomic E-state index is -0.197. The van der Waals surface area contributed by atoms with E-state index in [9.17, 15) is 5.11 Å². The fraction of sp³-hybridized carbons (Fsp3) is 1.00. The fourth-order valence-corrected chi connectivity index (χ4v) is 2.70. The van der Waals surface area contributed by atoms with Gasteiger partial charge in [-0.25, -0.2) is 0 Å². The molecule has 2 heteroatoms. The predicted octanol–water partition coefficient (Wildman–Crippen LogP) is 3.05. The largest absolute Gasteiger partial charge is 0.391 e. The lowest BCUT2D eigenvalue weighted by Gasteiger charge is -2.49. The molecule has 1 aliphatic rings. The molecule has 0 saturated heterocycles. The topological polar surface area (TPSA) is 23.5 Å². The lowest BCUT2D eigenvalue weighted by molar-refractivity contribution is -0.0756. The molecule has 0 aromatic heterocycles. The molecule has 0 spiro atoms. The molecule has 1 rings (SSSR count). The Morgan fingerprint density at radius 1 is 1.38 bits per heavy atom. The summed E-state index contributed by atoms with van der Waals surface area (Å²) in [6.45, 7) is 11.1. The average Bonchev–Trinajstić information content (AvgIpc) is 2.21. The monoisotopic (exact) mass is 227 g/mol. The average molecular weight is 227 g/mol. The van der Waals surface area contributed by atoms with Crippen LogP contribution in [0, 0.1) is 5.41 Å². The van der Waals surface area contributed by atoms with Crippen LogP contribution in [0.4, 0.5) is 0 Å². The van der Waals surface area contributed by atoms with Crippen LogP contribution in [0.15, 0.2) is 0 Å². The second-order valence-electron chi connectivity index (χ2n) is 6.67. The zero-order chi connectivity index (χ0) is 12.6. The Kier molecular flexibility index (Phi) is 4.07. The first kappa shape index (κ1) is 14.0. The van der Waals surface area contributed by atoms with E-state index in [2.05, 4.69) is 46.6 Å². The van der Waals surface area contributed by atoms with Gasteiger partial charge in [-0.15, -0.1) is 0 Å². The van der Waals surface area contributed by atoms with Gasteiger partial charge in [-0.1, -0.05) is 27.2 Å². The summed E-state index contributed by atoms with van der Waals surface area (Å²) in [6.07, 6.45) is 4.43. The van der Waals surface area contributed by atoms with Crippen molar-refractivity contribution in [2.45, 2.75) is 78.0 Å². The first-order valence-corrected chi connectivity index (χ1v) is 6.63. The Hall–Kier alpha value is -0.0800. The summed E-state index contributed by atoms with van der Waals surface area (Å²) in [7, 11) is 2.17. The van der Waals surface area contributed by atoms with Gasteiger partial charge in [0, 0.05) is 11.6 Å². The molecule has 16 heavy (non-hydrogen) atoms. The Morgan fingerprint density at radius 2 is 1.94 bits per heavy atom. The second-order valence-corrected chi connectivity index (χ2v) is 6.67. The standard InChI is InChI=1S/C14H29NO/c1-7-14(4,5)15(6)11-9-8-10-13(2,3)12(11)16/h11-12,16H,7-10H2,1-6H3. The number of rotatable bonds is 3. The smallest absolute Gasteiger partial charge is 0.0746 e. The quantitative estimate of drug-likeness (QED) is 0.801. The molecule has 0 radical (unpaired) electrons. The maximum absolute atomic E-state index is 10.5. The van der Waals surface area contributed by atoms with Crippen molar-refractivity contribution in [1.29, 1.82) is 0 Å². The SMILES string of the molecule is CCC(C)(C)N(C)C1CCCC(C)(C)C1O. The molecule has 0 amide bonds. The van der Waals surface area contributed by atoms with Crippen LogP contribution in [-0.2, 0) is 0 Å². The third-order valence-corrected chi connectivity index (χ3v) is 4.80. The van der Waals surface area contributed by atoms with Crippen molar-refractivity contribution >= 4 is 0 Å². The lowest BCUT2D eigenvalue weighted by Crippen LogP contribution is -2.57. The van der Waals surface area contributed by atoms with Crippen molar-refractivity contribution in [3.63, 3.8) is 0 Å². The summed E-state index contributed by atoms with van der Waals surface area (Å²) in [4.78, 5) is 2.39. The molecule has 0 aromatic carbocycles. The fourth-order valence-electron chi connectivity index (χ4n) is 2.70. The Bertz CT molecular complexity index is 235. The van der Waals surface area contributed by atoms with Gasteiger partial charge >= 0.3 is 0 Å². The van der Waals surface area contributed by atoms with E-state index in [-0.39, 0.29) is 17.1 Å². The molecule has 2 unspecified atom stereocenters. The molecular weight excluding hydrogens is 198 g/mol. The van der Waals surface area contributed by atoms with E-state index in [0.29, 0.717) is 6.04 Å². The Labute approximate surface area is 101 Å². The first-order valence-electron chi connectivity index (χ1n) is 6.63. The second kappa shape index (κ2) is 4.66. The first-order chi connectivity index (χ1) is 7.22. The van der Waals surface area contributed by atoms with Crippen LogP contribution < -0.4 is 0 Å². The van der Waals surface area contributed by atoms with Gasteiger partial charge in [0.2, 0.25) is 0 Å². The van der Waals surface area contributed by atoms with Crippen LogP contribution in [0.5, 0.6) is 0 Å². The number of likely N-dealkylation sites (N-methyl/N-ethyl adjacent to an activating group) is 1. The van der Waals surface area contributed by atoms with Crippen molar-refractivity contribution in [3.8, 4) is 0 Å². The van der Waals surface area contributed by atoms with Gasteiger partial charge in [-0.05, 0) is 45.6 Å². The normalized spacial score (nSPS) is 30.8. The van der Waals surface area contributed by atoms with E-state index in [4.69, 9.17) is 0 Å². The Balaban J connectivity index is 2.80. The molecular formula is C14H29NO. The molecule has 0 aliphatic heterocycles. The Morgan fingerprint density at radius 3 is 2.44 bits per heavy atom. The van der Waals surface area contributed by atoms with Gasteiger partial charge < -0.3 is 5.11 Å². The van der Waals surface area contributed by atoms with E-state index in [1.54, 1.807) is 0 Å². The summed E-state index contributed by atoms with van der Waals surface area (Å²) >= 11 is 0. The van der Waals surface area contributed by atoms with Gasteiger partial charge in [-0.2, -0.15) is 0 Å². The summed E-state index contributed by atoms with van der Waals surface area (Å²) in [6, 6.07) is 0.318. The van der Waals surface area contributed by atoms with Crippen LogP contribution in [0.25, 0.3) is 0 Å². The third kappa shape index (κ3) is 2.60. The van der Waals surface area contributed by atoms with Crippen LogP contribution in [0.3, 0.4) is 0 Å². The highest BCUT2D eigenvalue weighted by Crippen LogP contribution is 2.39. The van der Waals surface area contributed by atoms with E-state index >= 15 is 0 Å². The summed E-state index contributed by atoms with van der Waals surface area (Å²) < 4.78 is 0. The van der Waals surface area contributed by atoms with Crippen LogP contribution >= 0.6 is 0 Å². The van der Waals surface area contributed by atoms with Gasteiger partial charge in [0.1, 0.15) is 0 Å². The molecule has 2 atom stereocenters. The van der Waals surface area contributed by atoms with Crippen LogP contribution in [-0.4, -0.2) is 34.7 Å². The number of hydrogen-bond donors (Lipinski definition) is 1. The zero-order valence-corrected chi connectivity index (χ0v) is 11.9. The minimum absolute atomic E-state index is 0.0704. The lowest BCUT2D eigenvalue weighted by atomic mass is 9.71. The number of nitrogens with zero attached hydrogens (tertiary/aromatic N) is 1. The molecule has 1 N–H and O–H groups in total. The van der Waals surface area contributed by atoms with Crippen molar-refractivity contribution in [3.05, 3.63) is 0 Å². The highest BCUT2D eigenvalue weighted by atomic mass is 16.3. The van der Waals surface area contributed by atoms with Crippen molar-refractivity contribution in [2.24, 2.45) is 5.41 Å². The molecule has 1 fully saturated rings. The van der Waals surface area contributed by atoms with Crippen molar-refractivity contribution < 1.29 is 5.11 Å². The van der Waals surface area contributed by atoms with E-state index < -0.39 is 0 Å². The number of aliphatic hydroxyl groups is 1. The third-order valence-electron chi connectivity index (χ3n) is 4.80. The maximum Gasteiger partial charge on any atom is 0.0746 e. The van der Waals surface area contributed by atoms with E-state index in [1.807, 2.05) is 0 Å². The maximum atomic E-state index is 10.5. The number of hydrogen-bond acceptors (Lipinski definition) is 2. The predicted molar refractivity (Wildman–Crippen MR) is 69.6 cm³/mol. The summed E-state index contributed by atoms with van der Waals surface area (Å²) in [5.74, 6) is 0. The molecule has 0 bridgehead atoms. The summed E-state index contributed by atoms with van der Waals surface area (Å²) in [5.41, 5.74) is 0.250. The number of aliphatic hydroxyl groups excluding tert-OH is 1. The molecule has 96 valence electrons. The van der Waals surface area contributed by atoms with Gasteiger partial charge in [0.25, 0.3) is 0 Å². The van der Waals surface area contributed by atoms with Crippen molar-refractivity contribution in [1.82, 2.24) is 4.90 Å². The van der Waals surface area contributed by atoms with E-state index in [0.717, 1.165) is 19.3 Å². The molecule has 0 heterocycles. The summed E-state index contributed by atoms with van der Waals surface area (Å²) in [5, 5.41) is 10.5. The van der Waals surface area contributed by atoms with Gasteiger partial charge in [0.15, 0.2) is 0 Å². The van der Waals surface area contributed by atoms with Gasteiger partial charge in [-0.3, -0.25) is 4.90 Å². The van der Waals surface area contributed by atoms with Crippen LogP contribution in [0.2, 0.25) is 0 Å². The molecule has 0 aromatic rings. The molecule has 2 nitrogen and oxygen atoms in total. The molecule has 1 saturated carbocycles. The van der Waals surface area contributed by atoms with Crippen LogP contribution in [0.1, 0.15) is 60.3 Å². The van der Waals surface area contributed by atoms with E-state index in [1.165, 1.54) is 6.42 Å². The zero-order valence-electron chi connectivity index (χ0n) is 11.9. The van der Waals surface area contributed by atoms with Gasteiger partial charge in [0.05, 0.1) is 6.10 Å². The highest BCUT2D eigenvalue weighted by Gasteiger charge is 2.42. The highest BCUT2D eigenvalue weighted by molar-refractivity contribution is 4.96. The van der Waals surface area contributed by atoms with Crippen molar-refractivity contribution in [2.75, 3.05) is 7.05 Å². The molecule has 1 aliphatic carbocycles. The minimum Gasteiger partial charge on any atom is -0.391 e.